The molecule has 1 saturated heterocycles. The number of nitrogens with one attached hydrogen (secondary N) is 1. The van der Waals surface area contributed by atoms with Crippen molar-refractivity contribution in [3.63, 3.8) is 0 Å². The average molecular weight is 443 g/mol. The molecule has 1 N–H and O–H groups in total. The van der Waals surface area contributed by atoms with Crippen molar-refractivity contribution in [3.05, 3.63) is 71.8 Å². The third-order valence-corrected chi connectivity index (χ3v) is 7.83. The van der Waals surface area contributed by atoms with Crippen molar-refractivity contribution in [2.45, 2.75) is 25.4 Å². The SMILES string of the molecule is O=C1O[C@@H]2C[C@H]3C[C@@H]2[C@@H]1[C@H]3C(=O)Nc1ccc(C(=O)N2CC=C(c3ccccc3)CC2)cc1. The molecule has 6 heteroatoms. The average Bonchev–Trinajstić information content (AvgIpc) is 3.48. The van der Waals surface area contributed by atoms with Crippen LogP contribution in [0.4, 0.5) is 5.69 Å². The Morgan fingerprint density at radius 2 is 1.79 bits per heavy atom. The summed E-state index contributed by atoms with van der Waals surface area (Å²) in [4.78, 5) is 39.9. The fourth-order valence-corrected chi connectivity index (χ4v) is 6.24. The van der Waals surface area contributed by atoms with Gasteiger partial charge >= 0.3 is 5.97 Å². The monoisotopic (exact) mass is 442 g/mol. The summed E-state index contributed by atoms with van der Waals surface area (Å²) in [6.07, 6.45) is 4.68. The maximum Gasteiger partial charge on any atom is 0.310 e. The van der Waals surface area contributed by atoms with Crippen molar-refractivity contribution in [1.29, 1.82) is 0 Å². The molecule has 0 unspecified atom stereocenters. The van der Waals surface area contributed by atoms with Gasteiger partial charge in [0.1, 0.15) is 6.10 Å². The zero-order valence-electron chi connectivity index (χ0n) is 18.3. The maximum absolute atomic E-state index is 13.0. The summed E-state index contributed by atoms with van der Waals surface area (Å²) in [7, 11) is 0. The van der Waals surface area contributed by atoms with Crippen LogP contribution in [-0.2, 0) is 14.3 Å². The predicted octanol–water partition coefficient (Wildman–Crippen LogP) is 3.75. The molecule has 2 amide bonds. The second kappa shape index (κ2) is 7.87. The number of esters is 1. The van der Waals surface area contributed by atoms with Gasteiger partial charge < -0.3 is 15.0 Å². The molecule has 2 aromatic rings. The highest BCUT2D eigenvalue weighted by atomic mass is 16.6. The topological polar surface area (TPSA) is 75.7 Å². The Bertz CT molecular complexity index is 1140. The standard InChI is InChI=1S/C27H26N2O4/c30-25(23-19-14-21-22(15-19)33-27(32)24(21)23)28-20-8-6-18(7-9-20)26(31)29-12-10-17(11-13-29)16-4-2-1-3-5-16/h1-10,19,21-24H,11-15H2,(H,28,30)/t19-,21+,22-,23+,24-/m1/s1. The third kappa shape index (κ3) is 3.45. The molecule has 2 saturated carbocycles. The maximum atomic E-state index is 13.0. The number of amides is 2. The number of hydrogen-bond donors (Lipinski definition) is 1. The number of rotatable bonds is 4. The van der Waals surface area contributed by atoms with Gasteiger partial charge in [0.25, 0.3) is 5.91 Å². The molecular formula is C27H26N2O4. The first-order valence-electron chi connectivity index (χ1n) is 11.7. The number of nitrogens with zero attached hydrogens (tertiary/aromatic N) is 1. The Morgan fingerprint density at radius 3 is 2.52 bits per heavy atom. The highest BCUT2D eigenvalue weighted by Gasteiger charge is 2.63. The van der Waals surface area contributed by atoms with E-state index < -0.39 is 0 Å². The van der Waals surface area contributed by atoms with Crippen LogP contribution < -0.4 is 5.32 Å². The molecule has 2 aromatic carbocycles. The molecule has 0 radical (unpaired) electrons. The van der Waals surface area contributed by atoms with Gasteiger partial charge in [-0.2, -0.15) is 0 Å². The summed E-state index contributed by atoms with van der Waals surface area (Å²) in [5.41, 5.74) is 3.73. The van der Waals surface area contributed by atoms with E-state index in [2.05, 4.69) is 23.5 Å². The van der Waals surface area contributed by atoms with Crippen molar-refractivity contribution < 1.29 is 19.1 Å². The minimum Gasteiger partial charge on any atom is -0.462 e. The molecule has 2 aliphatic carbocycles. The zero-order valence-corrected chi connectivity index (χ0v) is 18.3. The van der Waals surface area contributed by atoms with Gasteiger partial charge in [-0.05, 0) is 60.6 Å². The lowest BCUT2D eigenvalue weighted by molar-refractivity contribution is -0.145. The summed E-state index contributed by atoms with van der Waals surface area (Å²) < 4.78 is 5.44. The number of anilines is 1. The van der Waals surface area contributed by atoms with Crippen molar-refractivity contribution in [2.75, 3.05) is 18.4 Å². The smallest absolute Gasteiger partial charge is 0.310 e. The molecule has 4 aliphatic rings. The number of carbonyl (C=O) groups excluding carboxylic acids is 3. The zero-order chi connectivity index (χ0) is 22.5. The van der Waals surface area contributed by atoms with Crippen molar-refractivity contribution in [1.82, 2.24) is 4.90 Å². The van der Waals surface area contributed by atoms with Gasteiger partial charge in [-0.3, -0.25) is 14.4 Å². The molecule has 33 heavy (non-hydrogen) atoms. The number of benzene rings is 2. The van der Waals surface area contributed by atoms with Gasteiger partial charge in [0.15, 0.2) is 0 Å². The van der Waals surface area contributed by atoms with Crippen LogP contribution in [0.3, 0.4) is 0 Å². The molecule has 0 aromatic heterocycles. The molecule has 6 nitrogen and oxygen atoms in total. The highest BCUT2D eigenvalue weighted by Crippen LogP contribution is 2.57. The van der Waals surface area contributed by atoms with E-state index in [0.717, 1.165) is 19.3 Å². The second-order valence-corrected chi connectivity index (χ2v) is 9.59. The van der Waals surface area contributed by atoms with E-state index in [1.807, 2.05) is 23.1 Å². The van der Waals surface area contributed by atoms with Crippen molar-refractivity contribution in [2.24, 2.45) is 23.7 Å². The Balaban J connectivity index is 1.09. The molecular weight excluding hydrogens is 416 g/mol. The third-order valence-electron chi connectivity index (χ3n) is 7.83. The van der Waals surface area contributed by atoms with Gasteiger partial charge in [0.05, 0.1) is 11.8 Å². The van der Waals surface area contributed by atoms with E-state index in [9.17, 15) is 14.4 Å². The molecule has 168 valence electrons. The number of hydrogen-bond acceptors (Lipinski definition) is 4. The Kier molecular flexibility index (Phi) is 4.82. The van der Waals surface area contributed by atoms with E-state index >= 15 is 0 Å². The first-order chi connectivity index (χ1) is 16.1. The second-order valence-electron chi connectivity index (χ2n) is 9.59. The van der Waals surface area contributed by atoms with E-state index in [1.165, 1.54) is 11.1 Å². The lowest BCUT2D eigenvalue weighted by Crippen LogP contribution is -2.36. The van der Waals surface area contributed by atoms with Crippen LogP contribution in [0.15, 0.2) is 60.7 Å². The van der Waals surface area contributed by atoms with E-state index in [-0.39, 0.29) is 47.6 Å². The fraction of sp³-hybridized carbons (Fsp3) is 0.370. The first-order valence-corrected chi connectivity index (χ1v) is 11.7. The van der Waals surface area contributed by atoms with Gasteiger partial charge in [-0.15, -0.1) is 0 Å². The number of fused-ring (bicyclic) bond motifs is 1. The molecule has 2 bridgehead atoms. The Morgan fingerprint density at radius 1 is 1.00 bits per heavy atom. The molecule has 2 aliphatic heterocycles. The van der Waals surface area contributed by atoms with Gasteiger partial charge in [-0.1, -0.05) is 36.4 Å². The van der Waals surface area contributed by atoms with Crippen LogP contribution in [0, 0.1) is 23.7 Å². The summed E-state index contributed by atoms with van der Waals surface area (Å²) >= 11 is 0. The van der Waals surface area contributed by atoms with E-state index in [0.29, 0.717) is 24.3 Å². The van der Waals surface area contributed by atoms with Crippen LogP contribution >= 0.6 is 0 Å². The lowest BCUT2D eigenvalue weighted by atomic mass is 9.79. The number of carbonyl (C=O) groups is 3. The van der Waals surface area contributed by atoms with Crippen LogP contribution in [0.1, 0.15) is 35.2 Å². The Labute approximate surface area is 192 Å². The first kappa shape index (κ1) is 20.2. The van der Waals surface area contributed by atoms with Crippen LogP contribution in [0.5, 0.6) is 0 Å². The fourth-order valence-electron chi connectivity index (χ4n) is 6.24. The van der Waals surface area contributed by atoms with Crippen LogP contribution in [0.25, 0.3) is 5.57 Å². The predicted molar refractivity (Wildman–Crippen MR) is 123 cm³/mol. The molecule has 5 atom stereocenters. The highest BCUT2D eigenvalue weighted by molar-refractivity contribution is 5.98. The molecule has 2 heterocycles. The van der Waals surface area contributed by atoms with Gasteiger partial charge in [0.2, 0.25) is 5.91 Å². The minimum absolute atomic E-state index is 0.0101. The summed E-state index contributed by atoms with van der Waals surface area (Å²) in [6.45, 7) is 1.27. The molecule has 0 spiro atoms. The normalized spacial score (nSPS) is 29.6. The van der Waals surface area contributed by atoms with Crippen LogP contribution in [-0.4, -0.2) is 41.9 Å². The van der Waals surface area contributed by atoms with Gasteiger partial charge in [0, 0.05) is 30.3 Å². The molecule has 6 rings (SSSR count). The van der Waals surface area contributed by atoms with Crippen LogP contribution in [0.2, 0.25) is 0 Å². The summed E-state index contributed by atoms with van der Waals surface area (Å²) in [6, 6.07) is 17.3. The summed E-state index contributed by atoms with van der Waals surface area (Å²) in [5.74, 6) is -0.492. The number of ether oxygens (including phenoxy) is 1. The van der Waals surface area contributed by atoms with Gasteiger partial charge in [-0.25, -0.2) is 0 Å². The van der Waals surface area contributed by atoms with Crippen molar-refractivity contribution in [3.8, 4) is 0 Å². The molecule has 3 fully saturated rings. The minimum atomic E-state index is -0.304. The Hall–Kier alpha value is -3.41. The lowest BCUT2D eigenvalue weighted by Gasteiger charge is -2.27. The largest absolute Gasteiger partial charge is 0.462 e. The summed E-state index contributed by atoms with van der Waals surface area (Å²) in [5, 5.41) is 2.96. The quantitative estimate of drug-likeness (QED) is 0.732. The van der Waals surface area contributed by atoms with E-state index in [4.69, 9.17) is 4.74 Å². The van der Waals surface area contributed by atoms with Crippen molar-refractivity contribution >= 4 is 29.0 Å². The van der Waals surface area contributed by atoms with E-state index in [1.54, 1.807) is 24.3 Å².